The Labute approximate surface area is 124 Å². The number of amides is 1. The number of piperidine rings is 1. The number of likely N-dealkylation sites (tertiary alicyclic amines) is 1. The first-order valence-electron chi connectivity index (χ1n) is 8.26. The number of hydrogen-bond donors (Lipinski definition) is 0. The van der Waals surface area contributed by atoms with Crippen LogP contribution in [0, 0.1) is 5.92 Å². The van der Waals surface area contributed by atoms with Gasteiger partial charge in [0.1, 0.15) is 0 Å². The van der Waals surface area contributed by atoms with Gasteiger partial charge in [-0.2, -0.15) is 0 Å². The third kappa shape index (κ3) is 4.45. The Morgan fingerprint density at radius 2 is 1.65 bits per heavy atom. The molecule has 0 aromatic carbocycles. The molecule has 2 aliphatic rings. The van der Waals surface area contributed by atoms with Gasteiger partial charge in [-0.1, -0.05) is 0 Å². The molecule has 0 aromatic rings. The molecule has 2 heterocycles. The number of nitrogens with zero attached hydrogens (tertiary/aromatic N) is 3. The summed E-state index contributed by atoms with van der Waals surface area (Å²) in [6.45, 7) is 10.8. The Kier molecular flexibility index (Phi) is 5.85. The normalized spacial score (nSPS) is 23.5. The Hall–Kier alpha value is -0.610. The van der Waals surface area contributed by atoms with Gasteiger partial charge >= 0.3 is 0 Å². The molecular weight excluding hydrogens is 250 g/mol. The summed E-state index contributed by atoms with van der Waals surface area (Å²) in [5, 5.41) is 0. The van der Waals surface area contributed by atoms with Gasteiger partial charge in [0.05, 0.1) is 0 Å². The average molecular weight is 281 g/mol. The lowest BCUT2D eigenvalue weighted by atomic mass is 9.92. The molecule has 2 saturated heterocycles. The van der Waals surface area contributed by atoms with Crippen molar-refractivity contribution in [2.24, 2.45) is 5.92 Å². The fourth-order valence-corrected chi connectivity index (χ4v) is 3.32. The minimum atomic E-state index is 0.382. The maximum Gasteiger partial charge on any atom is 0.222 e. The molecule has 0 radical (unpaired) electrons. The summed E-state index contributed by atoms with van der Waals surface area (Å²) in [4.78, 5) is 19.2. The van der Waals surface area contributed by atoms with Crippen molar-refractivity contribution in [3.8, 4) is 0 Å². The van der Waals surface area contributed by atoms with Crippen LogP contribution in [0.15, 0.2) is 0 Å². The first kappa shape index (κ1) is 15.8. The summed E-state index contributed by atoms with van der Waals surface area (Å²) in [5.41, 5.74) is 0. The van der Waals surface area contributed by atoms with Crippen LogP contribution in [-0.2, 0) is 4.79 Å². The Morgan fingerprint density at radius 3 is 2.20 bits per heavy atom. The highest BCUT2D eigenvalue weighted by molar-refractivity contribution is 5.76. The quantitative estimate of drug-likeness (QED) is 0.784. The largest absolute Gasteiger partial charge is 0.340 e. The Morgan fingerprint density at radius 1 is 1.05 bits per heavy atom. The molecule has 116 valence electrons. The predicted octanol–water partition coefficient (Wildman–Crippen LogP) is 1.66. The van der Waals surface area contributed by atoms with Crippen molar-refractivity contribution in [2.45, 2.75) is 45.6 Å². The lowest BCUT2D eigenvalue weighted by Gasteiger charge is -2.37. The lowest BCUT2D eigenvalue weighted by Crippen LogP contribution is -2.50. The number of piperazine rings is 1. The molecule has 0 unspecified atom stereocenters. The van der Waals surface area contributed by atoms with Crippen LogP contribution in [0.1, 0.15) is 39.5 Å². The van der Waals surface area contributed by atoms with Gasteiger partial charge in [0.2, 0.25) is 5.91 Å². The van der Waals surface area contributed by atoms with Gasteiger partial charge in [-0.25, -0.2) is 0 Å². The van der Waals surface area contributed by atoms with Crippen molar-refractivity contribution in [3.63, 3.8) is 0 Å². The van der Waals surface area contributed by atoms with Crippen LogP contribution in [0.3, 0.4) is 0 Å². The van der Waals surface area contributed by atoms with Crippen LogP contribution in [0.4, 0.5) is 0 Å². The second-order valence-electron chi connectivity index (χ2n) is 6.80. The maximum absolute atomic E-state index is 12.3. The molecule has 0 bridgehead atoms. The summed E-state index contributed by atoms with van der Waals surface area (Å²) in [6, 6.07) is 0.603. The van der Waals surface area contributed by atoms with Gasteiger partial charge in [-0.3, -0.25) is 9.69 Å². The molecule has 0 aliphatic carbocycles. The molecule has 1 amide bonds. The van der Waals surface area contributed by atoms with E-state index in [1.54, 1.807) is 0 Å². The van der Waals surface area contributed by atoms with E-state index in [1.807, 2.05) is 0 Å². The van der Waals surface area contributed by atoms with Gasteiger partial charge in [0, 0.05) is 38.6 Å². The van der Waals surface area contributed by atoms with Crippen LogP contribution in [0.2, 0.25) is 0 Å². The molecule has 4 heteroatoms. The van der Waals surface area contributed by atoms with E-state index in [-0.39, 0.29) is 0 Å². The maximum atomic E-state index is 12.3. The van der Waals surface area contributed by atoms with Crippen molar-refractivity contribution in [3.05, 3.63) is 0 Å². The summed E-state index contributed by atoms with van der Waals surface area (Å²) >= 11 is 0. The second-order valence-corrected chi connectivity index (χ2v) is 6.80. The highest BCUT2D eigenvalue weighted by Crippen LogP contribution is 2.21. The standard InChI is InChI=1S/C16H31N3O/c1-14(2)18-10-12-19(13-11-18)16(20)5-4-15-6-8-17(3)9-7-15/h14-15H,4-13H2,1-3H3. The van der Waals surface area contributed by atoms with E-state index in [9.17, 15) is 4.79 Å². The number of rotatable bonds is 4. The minimum Gasteiger partial charge on any atom is -0.340 e. The molecule has 4 nitrogen and oxygen atoms in total. The second kappa shape index (κ2) is 7.41. The topological polar surface area (TPSA) is 26.8 Å². The van der Waals surface area contributed by atoms with Gasteiger partial charge < -0.3 is 9.80 Å². The van der Waals surface area contributed by atoms with Crippen molar-refractivity contribution >= 4 is 5.91 Å². The van der Waals surface area contributed by atoms with Crippen molar-refractivity contribution in [1.82, 2.24) is 14.7 Å². The third-order valence-corrected chi connectivity index (χ3v) is 5.00. The predicted molar refractivity (Wildman–Crippen MR) is 82.7 cm³/mol. The van der Waals surface area contributed by atoms with E-state index >= 15 is 0 Å². The molecule has 20 heavy (non-hydrogen) atoms. The Bertz CT molecular complexity index is 303. The smallest absolute Gasteiger partial charge is 0.222 e. The molecule has 0 aromatic heterocycles. The van der Waals surface area contributed by atoms with Gasteiger partial charge in [-0.15, -0.1) is 0 Å². The summed E-state index contributed by atoms with van der Waals surface area (Å²) in [7, 11) is 2.19. The van der Waals surface area contributed by atoms with Gasteiger partial charge in [0.15, 0.2) is 0 Å². The SMILES string of the molecule is CC(C)N1CCN(C(=O)CCC2CCN(C)CC2)CC1. The van der Waals surface area contributed by atoms with E-state index in [2.05, 4.69) is 35.6 Å². The van der Waals surface area contributed by atoms with Crippen molar-refractivity contribution < 1.29 is 4.79 Å². The monoisotopic (exact) mass is 281 g/mol. The molecule has 2 aliphatic heterocycles. The van der Waals surface area contributed by atoms with E-state index in [0.717, 1.165) is 44.9 Å². The zero-order chi connectivity index (χ0) is 14.5. The average Bonchev–Trinajstić information content (AvgIpc) is 2.46. The molecule has 0 atom stereocenters. The zero-order valence-corrected chi connectivity index (χ0v) is 13.5. The molecule has 0 saturated carbocycles. The first-order valence-corrected chi connectivity index (χ1v) is 8.26. The van der Waals surface area contributed by atoms with Crippen LogP contribution in [0.5, 0.6) is 0 Å². The highest BCUT2D eigenvalue weighted by atomic mass is 16.2. The zero-order valence-electron chi connectivity index (χ0n) is 13.5. The van der Waals surface area contributed by atoms with E-state index in [1.165, 1.54) is 25.9 Å². The number of carbonyl (C=O) groups is 1. The van der Waals surface area contributed by atoms with Gasteiger partial charge in [-0.05, 0) is 59.2 Å². The molecule has 0 spiro atoms. The third-order valence-electron chi connectivity index (χ3n) is 5.00. The summed E-state index contributed by atoms with van der Waals surface area (Å²) in [5.74, 6) is 1.15. The van der Waals surface area contributed by atoms with E-state index in [4.69, 9.17) is 0 Å². The molecule has 2 rings (SSSR count). The fourth-order valence-electron chi connectivity index (χ4n) is 3.32. The summed E-state index contributed by atoms with van der Waals surface area (Å²) < 4.78 is 0. The molecule has 0 N–H and O–H groups in total. The van der Waals surface area contributed by atoms with Crippen LogP contribution < -0.4 is 0 Å². The van der Waals surface area contributed by atoms with Gasteiger partial charge in [0.25, 0.3) is 0 Å². The van der Waals surface area contributed by atoms with Crippen LogP contribution >= 0.6 is 0 Å². The van der Waals surface area contributed by atoms with Crippen LogP contribution in [-0.4, -0.2) is 73.0 Å². The number of carbonyl (C=O) groups excluding carboxylic acids is 1. The van der Waals surface area contributed by atoms with Crippen molar-refractivity contribution in [2.75, 3.05) is 46.3 Å². The first-order chi connectivity index (χ1) is 9.56. The fraction of sp³-hybridized carbons (Fsp3) is 0.938. The summed E-state index contributed by atoms with van der Waals surface area (Å²) in [6.07, 6.45) is 4.39. The van der Waals surface area contributed by atoms with E-state index in [0.29, 0.717) is 11.9 Å². The van der Waals surface area contributed by atoms with Crippen LogP contribution in [0.25, 0.3) is 0 Å². The highest BCUT2D eigenvalue weighted by Gasteiger charge is 2.23. The minimum absolute atomic E-state index is 0.382. The number of hydrogen-bond acceptors (Lipinski definition) is 3. The molecule has 2 fully saturated rings. The van der Waals surface area contributed by atoms with Crippen molar-refractivity contribution in [1.29, 1.82) is 0 Å². The Balaban J connectivity index is 1.65. The van der Waals surface area contributed by atoms with E-state index < -0.39 is 0 Å². The lowest BCUT2D eigenvalue weighted by molar-refractivity contribution is -0.133. The molecular formula is C16H31N3O.